The predicted octanol–water partition coefficient (Wildman–Crippen LogP) is 15.5. The van der Waals surface area contributed by atoms with E-state index >= 15 is 0 Å². The second-order valence-electron chi connectivity index (χ2n) is 18.3. The lowest BCUT2D eigenvalue weighted by molar-refractivity contribution is 0.477. The number of fused-ring (bicyclic) bond motifs is 1. The zero-order valence-corrected chi connectivity index (χ0v) is 36.1. The van der Waals surface area contributed by atoms with Crippen molar-refractivity contribution in [1.82, 2.24) is 14.5 Å². The molecule has 0 bridgehead atoms. The van der Waals surface area contributed by atoms with Gasteiger partial charge in [-0.15, -0.1) is 0 Å². The zero-order valence-electron chi connectivity index (χ0n) is 46.1. The molecule has 0 aliphatic heterocycles. The van der Waals surface area contributed by atoms with Gasteiger partial charge in [-0.2, -0.15) is 0 Å². The Hall–Kier alpha value is -6.26. The molecule has 6 aromatic carbocycles. The molecule has 308 valence electrons. The summed E-state index contributed by atoms with van der Waals surface area (Å²) < 4.78 is 85.1. The van der Waals surface area contributed by atoms with E-state index in [4.69, 9.17) is 22.3 Å². The summed E-state index contributed by atoms with van der Waals surface area (Å²) in [5, 5.41) is 11.4. The summed E-state index contributed by atoms with van der Waals surface area (Å²) in [5.41, 5.74) is 8.52. The largest absolute Gasteiger partial charge is 0.507 e. The minimum Gasteiger partial charge on any atom is -0.507 e. The van der Waals surface area contributed by atoms with Gasteiger partial charge in [0.15, 0.2) is 0 Å². The van der Waals surface area contributed by atoms with Crippen LogP contribution in [0.2, 0.25) is 0 Å². The number of hydrogen-bond donors (Lipinski definition) is 1. The first-order valence-electron chi connectivity index (χ1n) is 25.7. The summed E-state index contributed by atoms with van der Waals surface area (Å²) in [5.74, 6) is -0.383. The smallest absolute Gasteiger partial charge is 0.149 e. The summed E-state index contributed by atoms with van der Waals surface area (Å²) in [7, 11) is 0. The summed E-state index contributed by atoms with van der Waals surface area (Å²) in [6.07, 6.45) is 1.67. The van der Waals surface area contributed by atoms with Crippen molar-refractivity contribution in [2.24, 2.45) is 0 Å². The first kappa shape index (κ1) is 30.7. The maximum Gasteiger partial charge on any atom is 0.149 e. The quantitative estimate of drug-likeness (QED) is 0.174. The molecule has 8 rings (SSSR count). The molecule has 0 aliphatic carbocycles. The van der Waals surface area contributed by atoms with Gasteiger partial charge in [-0.3, -0.25) is 9.55 Å². The Balaban J connectivity index is 1.30. The second-order valence-corrected chi connectivity index (χ2v) is 18.3. The molecule has 0 spiro atoms. The lowest BCUT2D eigenvalue weighted by atomic mass is 9.80. The highest BCUT2D eigenvalue weighted by molar-refractivity contribution is 5.97. The monoisotopic (exact) mass is 812 g/mol. The van der Waals surface area contributed by atoms with Crippen molar-refractivity contribution in [2.45, 2.75) is 98.1 Å². The number of pyridine rings is 1. The van der Waals surface area contributed by atoms with Crippen LogP contribution in [0.4, 0.5) is 0 Å². The molecule has 0 saturated carbocycles. The molecule has 0 saturated heterocycles. The van der Waals surface area contributed by atoms with Gasteiger partial charge in [0.1, 0.15) is 11.6 Å². The van der Waals surface area contributed by atoms with Crippen molar-refractivity contribution in [2.75, 3.05) is 0 Å². The molecule has 2 aromatic heterocycles. The Kier molecular flexibility index (Phi) is 7.88. The van der Waals surface area contributed by atoms with Crippen LogP contribution >= 0.6 is 0 Å². The summed E-state index contributed by atoms with van der Waals surface area (Å²) in [6.45, 7) is 6.71. The van der Waals surface area contributed by atoms with Gasteiger partial charge in [0.2, 0.25) is 0 Å². The molecule has 0 unspecified atom stereocenters. The van der Waals surface area contributed by atoms with Crippen LogP contribution in [0.1, 0.15) is 118 Å². The van der Waals surface area contributed by atoms with Gasteiger partial charge in [0.25, 0.3) is 0 Å². The maximum atomic E-state index is 11.4. The number of aromatic nitrogens is 3. The molecule has 0 fully saturated rings. The lowest BCUT2D eigenvalue weighted by Crippen LogP contribution is -2.13. The Morgan fingerprint density at radius 1 is 0.574 bits per heavy atom. The van der Waals surface area contributed by atoms with E-state index in [2.05, 4.69) is 101 Å². The van der Waals surface area contributed by atoms with Crippen molar-refractivity contribution < 1.29 is 18.8 Å². The van der Waals surface area contributed by atoms with Crippen LogP contribution < -0.4 is 0 Å². The minimum atomic E-state index is -3.37. The molecule has 8 aromatic rings. The number of phenolic OH excluding ortho intramolecular Hbond substituents is 1. The average Bonchev–Trinajstić information content (AvgIpc) is 3.66. The SMILES string of the molecule is [2H]C(C)(C)c1cc(-n2c(-c3ccccc3O)nc3c(-c4cc(-c5cc(-c6ccc(C(C([2H])([2H])[2H])(C([2H])([2H])[2H])C([2H])([2H])[2H])cc6)ccn5)cc(C(C)(C)C)c4)cccc32)ccc1-c1ccccc1C(C)(C)C. The number of imidazole rings is 1. The number of phenols is 1. The van der Waals surface area contributed by atoms with Crippen molar-refractivity contribution in [3.63, 3.8) is 0 Å². The van der Waals surface area contributed by atoms with E-state index in [0.717, 1.165) is 50.1 Å². The van der Waals surface area contributed by atoms with E-state index < -0.39 is 31.9 Å². The molecule has 4 nitrogen and oxygen atoms in total. The normalized spacial score (nSPS) is 15.6. The highest BCUT2D eigenvalue weighted by Crippen LogP contribution is 2.42. The van der Waals surface area contributed by atoms with E-state index in [0.29, 0.717) is 33.7 Å². The van der Waals surface area contributed by atoms with Crippen LogP contribution in [-0.4, -0.2) is 19.6 Å². The van der Waals surface area contributed by atoms with Crippen LogP contribution in [0.15, 0.2) is 146 Å². The molecule has 0 aliphatic rings. The van der Waals surface area contributed by atoms with Crippen LogP contribution in [0.25, 0.3) is 72.7 Å². The number of aromatic hydroxyl groups is 1. The minimum absolute atomic E-state index is 0.0751. The maximum absolute atomic E-state index is 11.4. The fourth-order valence-corrected chi connectivity index (χ4v) is 8.17. The van der Waals surface area contributed by atoms with Gasteiger partial charge in [-0.05, 0) is 127 Å². The van der Waals surface area contributed by atoms with E-state index in [1.54, 1.807) is 36.5 Å². The van der Waals surface area contributed by atoms with Crippen molar-refractivity contribution in [3.8, 4) is 67.5 Å². The third-order valence-corrected chi connectivity index (χ3v) is 11.5. The van der Waals surface area contributed by atoms with Crippen LogP contribution in [0.3, 0.4) is 0 Å². The molecular formula is C57H59N3O. The second kappa shape index (κ2) is 15.6. The van der Waals surface area contributed by atoms with Gasteiger partial charge in [-0.1, -0.05) is 161 Å². The zero-order chi connectivity index (χ0) is 51.9. The number of benzene rings is 6. The van der Waals surface area contributed by atoms with Crippen LogP contribution in [0, 0.1) is 0 Å². The highest BCUT2D eigenvalue weighted by atomic mass is 16.3. The number of para-hydroxylation sites is 2. The van der Waals surface area contributed by atoms with Crippen LogP contribution in [0.5, 0.6) is 5.75 Å². The Morgan fingerprint density at radius 3 is 1.95 bits per heavy atom. The molecule has 0 atom stereocenters. The topological polar surface area (TPSA) is 50.9 Å². The number of nitrogens with zero attached hydrogens (tertiary/aromatic N) is 3. The molecule has 0 amide bonds. The van der Waals surface area contributed by atoms with E-state index in [-0.39, 0.29) is 22.1 Å². The van der Waals surface area contributed by atoms with Gasteiger partial charge in [0, 0.05) is 36.7 Å². The summed E-state index contributed by atoms with van der Waals surface area (Å²) >= 11 is 0. The number of rotatable bonds is 7. The van der Waals surface area contributed by atoms with Crippen molar-refractivity contribution in [1.29, 1.82) is 0 Å². The standard InChI is InChI=1S/C57H59N3O/c1-36(2)48-35-43(27-28-45(48)46-17-12-14-20-49(46)57(9,10)11)60-51-21-16-19-44(53(51)59-54(60)47-18-13-15-22-52(47)61)39-31-40(33-42(32-39)56(6,7)8)50-34-38(29-30-58-50)37-23-25-41(26-24-37)55(3,4)5/h12-36,61H,1-11H3/i3D3,4D3,5D3,36D. The molecule has 0 radical (unpaired) electrons. The van der Waals surface area contributed by atoms with Crippen molar-refractivity contribution in [3.05, 3.63) is 168 Å². The van der Waals surface area contributed by atoms with Crippen molar-refractivity contribution >= 4 is 11.0 Å². The van der Waals surface area contributed by atoms with Gasteiger partial charge in [0.05, 0.1) is 22.3 Å². The fourth-order valence-electron chi connectivity index (χ4n) is 8.17. The average molecular weight is 812 g/mol. The summed E-state index contributed by atoms with van der Waals surface area (Å²) in [4.78, 5) is 10.2. The predicted molar refractivity (Wildman–Crippen MR) is 258 cm³/mol. The summed E-state index contributed by atoms with van der Waals surface area (Å²) in [6, 6.07) is 43.5. The molecular weight excluding hydrogens is 743 g/mol. The molecule has 61 heavy (non-hydrogen) atoms. The Bertz CT molecular complexity index is 3250. The van der Waals surface area contributed by atoms with Crippen LogP contribution in [-0.2, 0) is 16.2 Å². The fraction of sp³-hybridized carbons (Fsp3) is 0.263. The van der Waals surface area contributed by atoms with Gasteiger partial charge in [-0.25, -0.2) is 4.98 Å². The molecule has 1 N–H and O–H groups in total. The number of hydrogen-bond acceptors (Lipinski definition) is 3. The van der Waals surface area contributed by atoms with E-state index in [1.807, 2.05) is 56.3 Å². The van der Waals surface area contributed by atoms with E-state index in [9.17, 15) is 6.48 Å². The van der Waals surface area contributed by atoms with E-state index in [1.165, 1.54) is 17.7 Å². The highest BCUT2D eigenvalue weighted by Gasteiger charge is 2.25. The molecule has 4 heteroatoms. The lowest BCUT2D eigenvalue weighted by Gasteiger charge is -2.25. The first-order chi connectivity index (χ1) is 32.9. The first-order valence-corrected chi connectivity index (χ1v) is 20.7. The third kappa shape index (κ3) is 8.16. The van der Waals surface area contributed by atoms with Gasteiger partial charge < -0.3 is 5.11 Å². The molecule has 2 heterocycles. The Morgan fingerprint density at radius 2 is 1.26 bits per heavy atom. The van der Waals surface area contributed by atoms with Gasteiger partial charge >= 0.3 is 0 Å². The Labute approximate surface area is 377 Å². The third-order valence-electron chi connectivity index (χ3n) is 11.5.